The maximum atomic E-state index is 11.8. The van der Waals surface area contributed by atoms with Gasteiger partial charge >= 0.3 is 0 Å². The van der Waals surface area contributed by atoms with E-state index < -0.39 is 0 Å². The molecule has 4 rings (SSSR count). The number of rotatable bonds is 4. The van der Waals surface area contributed by atoms with E-state index in [9.17, 15) is 4.79 Å². The zero-order valence-electron chi connectivity index (χ0n) is 15.0. The number of carbonyl (C=O) groups excluding carboxylic acids is 1. The molecule has 0 amide bonds. The summed E-state index contributed by atoms with van der Waals surface area (Å²) in [6, 6.07) is 11.8. The minimum Gasteiger partial charge on any atom is -0.481 e. The summed E-state index contributed by atoms with van der Waals surface area (Å²) in [5.74, 6) is 1.17. The van der Waals surface area contributed by atoms with E-state index in [1.165, 1.54) is 0 Å². The van der Waals surface area contributed by atoms with Crippen LogP contribution in [0.5, 0.6) is 5.88 Å². The number of hydrogen-bond acceptors (Lipinski definition) is 4. The lowest BCUT2D eigenvalue weighted by molar-refractivity contribution is 0.112. The van der Waals surface area contributed by atoms with Gasteiger partial charge in [0.05, 0.1) is 12.8 Å². The molecule has 0 aliphatic carbocycles. The highest BCUT2D eigenvalue weighted by Gasteiger charge is 2.16. The quantitative estimate of drug-likeness (QED) is 0.519. The average molecular weight is 345 g/mol. The first-order valence-electron chi connectivity index (χ1n) is 8.57. The Hall–Kier alpha value is -3.21. The predicted molar refractivity (Wildman–Crippen MR) is 102 cm³/mol. The topological polar surface area (TPSA) is 56.5 Å². The summed E-state index contributed by atoms with van der Waals surface area (Å²) in [5, 5.41) is 1.96. The van der Waals surface area contributed by atoms with Crippen LogP contribution in [0.2, 0.25) is 0 Å². The van der Waals surface area contributed by atoms with E-state index in [2.05, 4.69) is 16.9 Å². The number of imidazole rings is 1. The van der Waals surface area contributed by atoms with Crippen LogP contribution in [0.15, 0.2) is 42.6 Å². The molecule has 2 heterocycles. The van der Waals surface area contributed by atoms with Gasteiger partial charge in [-0.3, -0.25) is 9.20 Å². The van der Waals surface area contributed by atoms with Crippen molar-refractivity contribution < 1.29 is 9.53 Å². The summed E-state index contributed by atoms with van der Waals surface area (Å²) in [6.45, 7) is 4.10. The van der Waals surface area contributed by atoms with Gasteiger partial charge in [-0.2, -0.15) is 4.98 Å². The van der Waals surface area contributed by atoms with Crippen LogP contribution < -0.4 is 4.74 Å². The van der Waals surface area contributed by atoms with Crippen LogP contribution in [-0.4, -0.2) is 27.8 Å². The first-order chi connectivity index (χ1) is 12.7. The van der Waals surface area contributed by atoms with E-state index in [1.54, 1.807) is 7.11 Å². The average Bonchev–Trinajstić information content (AvgIpc) is 3.11. The second-order valence-electron chi connectivity index (χ2n) is 6.20. The fraction of sp³-hybridized carbons (Fsp3) is 0.190. The molecule has 2 aromatic carbocycles. The molecular formula is C21H19N3O2. The molecule has 0 bridgehead atoms. The number of aryl methyl sites for hydroxylation is 1. The number of fused-ring (bicyclic) bond motifs is 2. The largest absolute Gasteiger partial charge is 0.481 e. The van der Waals surface area contributed by atoms with Gasteiger partial charge in [-0.25, -0.2) is 4.98 Å². The zero-order chi connectivity index (χ0) is 18.3. The zero-order valence-corrected chi connectivity index (χ0v) is 15.0. The van der Waals surface area contributed by atoms with Crippen LogP contribution in [0.25, 0.3) is 27.8 Å². The predicted octanol–water partition coefficient (Wildman–Crippen LogP) is 4.24. The van der Waals surface area contributed by atoms with Crippen LogP contribution >= 0.6 is 0 Å². The van der Waals surface area contributed by atoms with Crippen LogP contribution in [0.3, 0.4) is 0 Å². The van der Waals surface area contributed by atoms with Gasteiger partial charge in [-0.15, -0.1) is 0 Å². The number of hydrogen-bond donors (Lipinski definition) is 0. The van der Waals surface area contributed by atoms with Crippen LogP contribution in [0, 0.1) is 6.92 Å². The molecule has 0 saturated carbocycles. The van der Waals surface area contributed by atoms with Gasteiger partial charge in [0, 0.05) is 28.6 Å². The Bertz CT molecular complexity index is 1150. The summed E-state index contributed by atoms with van der Waals surface area (Å²) >= 11 is 0. The first-order valence-corrected chi connectivity index (χ1v) is 8.57. The molecule has 4 aromatic rings. The van der Waals surface area contributed by atoms with Crippen LogP contribution in [0.1, 0.15) is 28.5 Å². The van der Waals surface area contributed by atoms with Crippen molar-refractivity contribution in [2.24, 2.45) is 0 Å². The summed E-state index contributed by atoms with van der Waals surface area (Å²) in [6.07, 6.45) is 3.66. The summed E-state index contributed by atoms with van der Waals surface area (Å²) in [7, 11) is 1.62. The van der Waals surface area contributed by atoms with Gasteiger partial charge in [-0.05, 0) is 24.1 Å². The summed E-state index contributed by atoms with van der Waals surface area (Å²) in [5.41, 5.74) is 4.27. The fourth-order valence-corrected chi connectivity index (χ4v) is 3.51. The van der Waals surface area contributed by atoms with Crippen molar-refractivity contribution in [3.63, 3.8) is 0 Å². The second-order valence-corrected chi connectivity index (χ2v) is 6.20. The lowest BCUT2D eigenvalue weighted by Gasteiger charge is -2.10. The molecule has 2 aromatic heterocycles. The van der Waals surface area contributed by atoms with Crippen LogP contribution in [0.4, 0.5) is 0 Å². The smallest absolute Gasteiger partial charge is 0.237 e. The molecule has 0 aliphatic heterocycles. The number of benzene rings is 2. The molecule has 0 fully saturated rings. The van der Waals surface area contributed by atoms with E-state index in [-0.39, 0.29) is 0 Å². The van der Waals surface area contributed by atoms with E-state index in [1.807, 2.05) is 53.9 Å². The number of aldehydes is 1. The number of ether oxygens (including phenoxy) is 1. The Kier molecular flexibility index (Phi) is 3.92. The molecule has 26 heavy (non-hydrogen) atoms. The summed E-state index contributed by atoms with van der Waals surface area (Å²) < 4.78 is 7.38. The Morgan fingerprint density at radius 1 is 1.15 bits per heavy atom. The monoisotopic (exact) mass is 345 g/mol. The number of aromatic nitrogens is 3. The van der Waals surface area contributed by atoms with Crippen molar-refractivity contribution in [2.45, 2.75) is 20.3 Å². The Labute approximate surface area is 151 Å². The van der Waals surface area contributed by atoms with Crippen molar-refractivity contribution in [1.82, 2.24) is 14.4 Å². The molecule has 0 spiro atoms. The third kappa shape index (κ3) is 2.36. The third-order valence-corrected chi connectivity index (χ3v) is 4.86. The van der Waals surface area contributed by atoms with Crippen LogP contribution in [-0.2, 0) is 6.42 Å². The highest BCUT2D eigenvalue weighted by Crippen LogP contribution is 2.30. The van der Waals surface area contributed by atoms with Crippen molar-refractivity contribution in [1.29, 1.82) is 0 Å². The Morgan fingerprint density at radius 3 is 2.69 bits per heavy atom. The fourth-order valence-electron chi connectivity index (χ4n) is 3.51. The molecule has 0 aliphatic rings. The third-order valence-electron chi connectivity index (χ3n) is 4.86. The first kappa shape index (κ1) is 16.3. The highest BCUT2D eigenvalue weighted by atomic mass is 16.5. The number of carbonyl (C=O) groups is 1. The molecular weight excluding hydrogens is 326 g/mol. The van der Waals surface area contributed by atoms with Crippen molar-refractivity contribution in [3.05, 3.63) is 59.4 Å². The van der Waals surface area contributed by atoms with E-state index in [0.717, 1.165) is 46.0 Å². The van der Waals surface area contributed by atoms with Crippen molar-refractivity contribution in [3.8, 4) is 17.1 Å². The molecule has 5 heteroatoms. The molecule has 130 valence electrons. The van der Waals surface area contributed by atoms with E-state index >= 15 is 0 Å². The molecule has 5 nitrogen and oxygen atoms in total. The SMILES string of the molecule is CCc1c(OC)nc2nc(-c3ccc4ccccc4c3C=O)cn2c1C. The van der Waals surface area contributed by atoms with Gasteiger partial charge in [0.1, 0.15) is 0 Å². The van der Waals surface area contributed by atoms with Gasteiger partial charge in [0.25, 0.3) is 0 Å². The van der Waals surface area contributed by atoms with Gasteiger partial charge in [-0.1, -0.05) is 43.3 Å². The van der Waals surface area contributed by atoms with Gasteiger partial charge in [0.2, 0.25) is 11.7 Å². The van der Waals surface area contributed by atoms with E-state index in [4.69, 9.17) is 4.74 Å². The molecule has 0 N–H and O–H groups in total. The highest BCUT2D eigenvalue weighted by molar-refractivity contribution is 6.04. The van der Waals surface area contributed by atoms with Crippen molar-refractivity contribution >= 4 is 22.8 Å². The molecule has 0 atom stereocenters. The second kappa shape index (κ2) is 6.26. The lowest BCUT2D eigenvalue weighted by Crippen LogP contribution is -2.03. The standard InChI is InChI=1S/C21H19N3O2/c1-4-15-13(2)24-11-19(22-21(24)23-20(15)26-3)17-10-9-14-7-5-6-8-16(14)18(17)12-25/h5-12H,4H2,1-3H3. The Morgan fingerprint density at radius 2 is 1.96 bits per heavy atom. The minimum atomic E-state index is 0.566. The van der Waals surface area contributed by atoms with E-state index in [0.29, 0.717) is 17.2 Å². The Balaban J connectivity index is 1.99. The molecule has 0 unspecified atom stereocenters. The maximum Gasteiger partial charge on any atom is 0.237 e. The number of nitrogens with zero attached hydrogens (tertiary/aromatic N) is 3. The molecule has 0 radical (unpaired) electrons. The lowest BCUT2D eigenvalue weighted by atomic mass is 9.98. The maximum absolute atomic E-state index is 11.8. The molecule has 0 saturated heterocycles. The van der Waals surface area contributed by atoms with Crippen molar-refractivity contribution in [2.75, 3.05) is 7.11 Å². The minimum absolute atomic E-state index is 0.566. The number of methoxy groups -OCH3 is 1. The summed E-state index contributed by atoms with van der Waals surface area (Å²) in [4.78, 5) is 21.0. The van der Waals surface area contributed by atoms with Gasteiger partial charge in [0.15, 0.2) is 6.29 Å². The van der Waals surface area contributed by atoms with Gasteiger partial charge < -0.3 is 4.74 Å². The normalized spacial score (nSPS) is 11.2.